The highest BCUT2D eigenvalue weighted by Crippen LogP contribution is 2.19. The molecule has 0 atom stereocenters. The zero-order chi connectivity index (χ0) is 23.0. The third kappa shape index (κ3) is 6.78. The molecule has 3 rings (SSSR count). The van der Waals surface area contributed by atoms with Crippen LogP contribution in [-0.4, -0.2) is 68.3 Å². The number of rotatable bonds is 11. The molecule has 0 amide bonds. The number of hydrogen-bond donors (Lipinski definition) is 4. The Kier molecular flexibility index (Phi) is 8.65. The summed E-state index contributed by atoms with van der Waals surface area (Å²) in [4.78, 5) is 2.64. The third-order valence-electron chi connectivity index (χ3n) is 7.11. The Morgan fingerprint density at radius 1 is 0.844 bits per heavy atom. The molecule has 0 unspecified atom stereocenters. The number of aryl methyl sites for hydroxylation is 2. The minimum atomic E-state index is 0.859. The molecule has 0 spiro atoms. The molecule has 6 nitrogen and oxygen atoms in total. The number of hydrogen-bond acceptors (Lipinski definition) is 5. The quantitative estimate of drug-likeness (QED) is 0.242. The Bertz CT molecular complexity index is 857. The smallest absolute Gasteiger partial charge is 0.0916 e. The van der Waals surface area contributed by atoms with E-state index < -0.39 is 0 Å². The first-order valence-electron chi connectivity index (χ1n) is 12.2. The summed E-state index contributed by atoms with van der Waals surface area (Å²) in [5, 5.41) is 7.10. The van der Waals surface area contributed by atoms with Gasteiger partial charge in [0.25, 0.3) is 0 Å². The van der Waals surface area contributed by atoms with Crippen molar-refractivity contribution in [3.63, 3.8) is 0 Å². The Balaban J connectivity index is 1.33. The number of nitrogens with two attached hydrogens (primary N) is 2. The summed E-state index contributed by atoms with van der Waals surface area (Å²) in [6.45, 7) is 17.1. The minimum absolute atomic E-state index is 0.859. The summed E-state index contributed by atoms with van der Waals surface area (Å²) in [6.07, 6.45) is 2.36. The fraction of sp³-hybridized carbons (Fsp3) is 0.538. The molecule has 1 aliphatic heterocycles. The van der Waals surface area contributed by atoms with Gasteiger partial charge in [0.15, 0.2) is 0 Å². The van der Waals surface area contributed by atoms with Gasteiger partial charge >= 0.3 is 0 Å². The molecular formula is C26H43N6+. The summed E-state index contributed by atoms with van der Waals surface area (Å²) in [7, 11) is 0. The Morgan fingerprint density at radius 3 is 1.88 bits per heavy atom. The fourth-order valence-electron chi connectivity index (χ4n) is 4.61. The Labute approximate surface area is 194 Å². The van der Waals surface area contributed by atoms with Crippen molar-refractivity contribution in [2.24, 2.45) is 0 Å². The van der Waals surface area contributed by atoms with Gasteiger partial charge in [-0.25, -0.2) is 0 Å². The molecule has 0 radical (unpaired) electrons. The third-order valence-corrected chi connectivity index (χ3v) is 7.11. The van der Waals surface area contributed by atoms with E-state index >= 15 is 0 Å². The van der Waals surface area contributed by atoms with Gasteiger partial charge in [-0.05, 0) is 74.7 Å². The van der Waals surface area contributed by atoms with E-state index in [2.05, 4.69) is 60.6 Å². The molecule has 1 heterocycles. The summed E-state index contributed by atoms with van der Waals surface area (Å²) < 4.78 is 1.25. The maximum absolute atomic E-state index is 5.92. The number of piperazine rings is 1. The van der Waals surface area contributed by atoms with Crippen molar-refractivity contribution in [2.75, 3.05) is 81.0 Å². The van der Waals surface area contributed by atoms with Gasteiger partial charge in [-0.1, -0.05) is 0 Å². The van der Waals surface area contributed by atoms with Gasteiger partial charge in [0, 0.05) is 61.9 Å². The summed E-state index contributed by atoms with van der Waals surface area (Å²) in [6, 6.07) is 12.4. The van der Waals surface area contributed by atoms with E-state index in [9.17, 15) is 0 Å². The van der Waals surface area contributed by atoms with Gasteiger partial charge in [0.05, 0.1) is 26.2 Å². The van der Waals surface area contributed by atoms with Crippen molar-refractivity contribution in [2.45, 2.75) is 33.6 Å². The highest BCUT2D eigenvalue weighted by Gasteiger charge is 2.30. The lowest BCUT2D eigenvalue weighted by Crippen LogP contribution is -2.60. The average Bonchev–Trinajstić information content (AvgIpc) is 2.80. The van der Waals surface area contributed by atoms with Crippen LogP contribution in [-0.2, 0) is 0 Å². The number of quaternary nitrogens is 1. The molecule has 176 valence electrons. The normalized spacial score (nSPS) is 16.1. The van der Waals surface area contributed by atoms with E-state index in [0.717, 1.165) is 35.6 Å². The maximum Gasteiger partial charge on any atom is 0.0916 e. The molecule has 1 aliphatic rings. The SMILES string of the molecule is CC[N+]1(CCCNc2ccc(N)c(C)c2)CCN(CCCNc2ccc(N)c(C)c2)CC1. The topological polar surface area (TPSA) is 79.3 Å². The van der Waals surface area contributed by atoms with E-state index in [1.165, 1.54) is 74.5 Å². The average molecular weight is 440 g/mol. The molecule has 0 bridgehead atoms. The Hall–Kier alpha value is -2.44. The maximum atomic E-state index is 5.92. The molecule has 32 heavy (non-hydrogen) atoms. The lowest BCUT2D eigenvalue weighted by molar-refractivity contribution is -0.930. The largest absolute Gasteiger partial charge is 0.399 e. The van der Waals surface area contributed by atoms with Crippen LogP contribution in [0.25, 0.3) is 0 Å². The molecule has 0 aliphatic carbocycles. The number of likely N-dealkylation sites (N-methyl/N-ethyl adjacent to an activating group) is 1. The lowest BCUT2D eigenvalue weighted by atomic mass is 10.1. The summed E-state index contributed by atoms with van der Waals surface area (Å²) in [5.41, 5.74) is 18.2. The van der Waals surface area contributed by atoms with Gasteiger partial charge in [-0.2, -0.15) is 0 Å². The van der Waals surface area contributed by atoms with E-state index in [0.29, 0.717) is 0 Å². The predicted molar refractivity (Wildman–Crippen MR) is 139 cm³/mol. The number of nitrogens with one attached hydrogen (secondary N) is 2. The van der Waals surface area contributed by atoms with Crippen molar-refractivity contribution >= 4 is 22.7 Å². The van der Waals surface area contributed by atoms with Crippen molar-refractivity contribution < 1.29 is 4.48 Å². The second kappa shape index (κ2) is 11.4. The van der Waals surface area contributed by atoms with Gasteiger partial charge in [-0.15, -0.1) is 0 Å². The van der Waals surface area contributed by atoms with Crippen LogP contribution in [0.15, 0.2) is 36.4 Å². The lowest BCUT2D eigenvalue weighted by Gasteiger charge is -2.44. The van der Waals surface area contributed by atoms with Crippen molar-refractivity contribution in [3.05, 3.63) is 47.5 Å². The van der Waals surface area contributed by atoms with Crippen LogP contribution in [0.1, 0.15) is 30.9 Å². The first-order chi connectivity index (χ1) is 15.4. The fourth-order valence-corrected chi connectivity index (χ4v) is 4.61. The zero-order valence-electron chi connectivity index (χ0n) is 20.3. The highest BCUT2D eigenvalue weighted by atomic mass is 15.4. The van der Waals surface area contributed by atoms with E-state index in [4.69, 9.17) is 11.5 Å². The van der Waals surface area contributed by atoms with Crippen LogP contribution in [0.3, 0.4) is 0 Å². The first kappa shape index (κ1) is 24.2. The molecule has 6 heteroatoms. The molecular weight excluding hydrogens is 396 g/mol. The molecule has 6 N–H and O–H groups in total. The Morgan fingerprint density at radius 2 is 1.38 bits per heavy atom. The highest BCUT2D eigenvalue weighted by molar-refractivity contribution is 5.57. The zero-order valence-corrected chi connectivity index (χ0v) is 20.3. The van der Waals surface area contributed by atoms with Gasteiger partial charge in [-0.3, -0.25) is 4.90 Å². The first-order valence-corrected chi connectivity index (χ1v) is 12.2. The number of nitrogens with zero attached hydrogens (tertiary/aromatic N) is 2. The van der Waals surface area contributed by atoms with Crippen LogP contribution in [0, 0.1) is 13.8 Å². The number of benzene rings is 2. The van der Waals surface area contributed by atoms with Crippen LogP contribution in [0.4, 0.5) is 22.7 Å². The van der Waals surface area contributed by atoms with Crippen molar-refractivity contribution in [1.29, 1.82) is 0 Å². The summed E-state index contributed by atoms with van der Waals surface area (Å²) >= 11 is 0. The molecule has 1 fully saturated rings. The van der Waals surface area contributed by atoms with Crippen LogP contribution in [0.2, 0.25) is 0 Å². The van der Waals surface area contributed by atoms with Crippen molar-refractivity contribution in [1.82, 2.24) is 4.90 Å². The molecule has 0 aromatic heterocycles. The van der Waals surface area contributed by atoms with Gasteiger partial charge < -0.3 is 26.6 Å². The van der Waals surface area contributed by atoms with Gasteiger partial charge in [0.2, 0.25) is 0 Å². The van der Waals surface area contributed by atoms with Crippen LogP contribution >= 0.6 is 0 Å². The van der Waals surface area contributed by atoms with E-state index in [1.807, 2.05) is 12.1 Å². The van der Waals surface area contributed by atoms with E-state index in [1.54, 1.807) is 0 Å². The number of anilines is 4. The van der Waals surface area contributed by atoms with E-state index in [-0.39, 0.29) is 0 Å². The standard InChI is InChI=1S/C26H43N6/c1-4-32(16-6-12-30-24-8-10-26(28)22(3)20-24)17-14-31(15-18-32)13-5-11-29-23-7-9-25(27)21(2)19-23/h7-10,19-20,29-30H,4-6,11-18,27-28H2,1-3H3/q+1. The van der Waals surface area contributed by atoms with Crippen molar-refractivity contribution in [3.8, 4) is 0 Å². The van der Waals surface area contributed by atoms with Gasteiger partial charge in [0.1, 0.15) is 0 Å². The predicted octanol–water partition coefficient (Wildman–Crippen LogP) is 3.92. The van der Waals surface area contributed by atoms with Crippen LogP contribution in [0.5, 0.6) is 0 Å². The minimum Gasteiger partial charge on any atom is -0.399 e. The van der Waals surface area contributed by atoms with Crippen LogP contribution < -0.4 is 22.1 Å². The molecule has 2 aromatic rings. The summed E-state index contributed by atoms with van der Waals surface area (Å²) in [5.74, 6) is 0. The monoisotopic (exact) mass is 439 g/mol. The second-order valence-electron chi connectivity index (χ2n) is 9.37. The molecule has 0 saturated carbocycles. The molecule has 1 saturated heterocycles. The molecule has 2 aromatic carbocycles. The number of nitrogen functional groups attached to an aromatic ring is 2. The second-order valence-corrected chi connectivity index (χ2v) is 9.37.